The topological polar surface area (TPSA) is 47.7 Å². The lowest BCUT2D eigenvalue weighted by molar-refractivity contribution is 0.297. The predicted molar refractivity (Wildman–Crippen MR) is 114 cm³/mol. The fraction of sp³-hybridized carbons (Fsp3) is 0.400. The molecule has 0 amide bonds. The minimum absolute atomic E-state index is 0. The van der Waals surface area contributed by atoms with Crippen LogP contribution in [0.3, 0.4) is 0 Å². The SMILES string of the molecule is CC[C@@H]1C[C@H](n2ccnc2-c2ccccc2Cn2cccn2)CCN1.Cl.Cl. The Bertz CT molecular complexity index is 815. The van der Waals surface area contributed by atoms with E-state index in [4.69, 9.17) is 4.98 Å². The summed E-state index contributed by atoms with van der Waals surface area (Å²) in [6, 6.07) is 11.6. The van der Waals surface area contributed by atoms with Crippen LogP contribution in [-0.2, 0) is 6.54 Å². The van der Waals surface area contributed by atoms with Crippen molar-refractivity contribution in [2.75, 3.05) is 6.54 Å². The summed E-state index contributed by atoms with van der Waals surface area (Å²) in [5.41, 5.74) is 2.45. The molecule has 5 nitrogen and oxygen atoms in total. The van der Waals surface area contributed by atoms with Crippen LogP contribution >= 0.6 is 24.8 Å². The molecule has 4 rings (SSSR count). The Morgan fingerprint density at radius 1 is 1.11 bits per heavy atom. The largest absolute Gasteiger partial charge is 0.328 e. The van der Waals surface area contributed by atoms with Gasteiger partial charge in [-0.3, -0.25) is 4.68 Å². The van der Waals surface area contributed by atoms with Crippen LogP contribution in [0.15, 0.2) is 55.1 Å². The van der Waals surface area contributed by atoms with Crippen molar-refractivity contribution < 1.29 is 0 Å². The Morgan fingerprint density at radius 3 is 2.74 bits per heavy atom. The Kier molecular flexibility index (Phi) is 7.90. The summed E-state index contributed by atoms with van der Waals surface area (Å²) in [6.07, 6.45) is 11.4. The van der Waals surface area contributed by atoms with Crippen LogP contribution in [-0.4, -0.2) is 31.9 Å². The number of hydrogen-bond acceptors (Lipinski definition) is 3. The van der Waals surface area contributed by atoms with Crippen LogP contribution in [0, 0.1) is 0 Å². The molecule has 1 N–H and O–H groups in total. The van der Waals surface area contributed by atoms with E-state index in [1.165, 1.54) is 24.0 Å². The van der Waals surface area contributed by atoms with Crippen molar-refractivity contribution in [2.45, 2.75) is 44.8 Å². The van der Waals surface area contributed by atoms with Gasteiger partial charge in [0.2, 0.25) is 0 Å². The van der Waals surface area contributed by atoms with E-state index in [0.29, 0.717) is 12.1 Å². The second-order valence-corrected chi connectivity index (χ2v) is 6.76. The molecule has 1 aliphatic rings. The van der Waals surface area contributed by atoms with Gasteiger partial charge in [-0.15, -0.1) is 24.8 Å². The number of benzene rings is 1. The first-order valence-electron chi connectivity index (χ1n) is 9.17. The van der Waals surface area contributed by atoms with Crippen LogP contribution in [0.1, 0.15) is 37.8 Å². The molecule has 0 saturated carbocycles. The van der Waals surface area contributed by atoms with Gasteiger partial charge in [-0.25, -0.2) is 4.98 Å². The van der Waals surface area contributed by atoms with Crippen molar-refractivity contribution in [2.24, 2.45) is 0 Å². The van der Waals surface area contributed by atoms with Gasteiger partial charge in [0.05, 0.1) is 6.54 Å². The number of piperidine rings is 1. The normalized spacial score (nSPS) is 19.1. The molecule has 0 aliphatic carbocycles. The number of nitrogens with zero attached hydrogens (tertiary/aromatic N) is 4. The Labute approximate surface area is 173 Å². The Morgan fingerprint density at radius 2 is 1.96 bits per heavy atom. The first-order chi connectivity index (χ1) is 12.3. The molecule has 1 aromatic carbocycles. The van der Waals surface area contributed by atoms with E-state index in [2.05, 4.69) is 52.4 Å². The second kappa shape index (κ2) is 9.93. The smallest absolute Gasteiger partial charge is 0.140 e. The van der Waals surface area contributed by atoms with Crippen molar-refractivity contribution in [3.8, 4) is 11.4 Å². The molecule has 0 spiro atoms. The highest BCUT2D eigenvalue weighted by Crippen LogP contribution is 2.30. The fourth-order valence-electron chi connectivity index (χ4n) is 3.81. The lowest BCUT2D eigenvalue weighted by Gasteiger charge is -2.31. The molecule has 2 aromatic heterocycles. The lowest BCUT2D eigenvalue weighted by Crippen LogP contribution is -2.38. The summed E-state index contributed by atoms with van der Waals surface area (Å²) in [5.74, 6) is 1.07. The van der Waals surface area contributed by atoms with Gasteiger partial charge in [-0.05, 0) is 37.4 Å². The summed E-state index contributed by atoms with van der Waals surface area (Å²) in [6.45, 7) is 4.10. The number of hydrogen-bond donors (Lipinski definition) is 1. The highest BCUT2D eigenvalue weighted by atomic mass is 35.5. The van der Waals surface area contributed by atoms with Gasteiger partial charge in [0.25, 0.3) is 0 Å². The summed E-state index contributed by atoms with van der Waals surface area (Å²) in [7, 11) is 0. The highest BCUT2D eigenvalue weighted by Gasteiger charge is 2.24. The van der Waals surface area contributed by atoms with Gasteiger partial charge >= 0.3 is 0 Å². The van der Waals surface area contributed by atoms with Gasteiger partial charge in [0, 0.05) is 42.4 Å². The third-order valence-corrected chi connectivity index (χ3v) is 5.17. The van der Waals surface area contributed by atoms with Crippen molar-refractivity contribution in [3.05, 3.63) is 60.7 Å². The van der Waals surface area contributed by atoms with E-state index in [1.54, 1.807) is 0 Å². The Balaban J connectivity index is 0.00000131. The van der Waals surface area contributed by atoms with Crippen molar-refractivity contribution in [1.29, 1.82) is 0 Å². The molecular weight excluding hydrogens is 381 g/mol. The minimum Gasteiger partial charge on any atom is -0.328 e. The van der Waals surface area contributed by atoms with Crippen molar-refractivity contribution >= 4 is 24.8 Å². The summed E-state index contributed by atoms with van der Waals surface area (Å²) in [4.78, 5) is 4.72. The number of rotatable bonds is 5. The summed E-state index contributed by atoms with van der Waals surface area (Å²) < 4.78 is 4.34. The number of halogens is 2. The maximum Gasteiger partial charge on any atom is 0.140 e. The summed E-state index contributed by atoms with van der Waals surface area (Å²) >= 11 is 0. The third-order valence-electron chi connectivity index (χ3n) is 5.17. The van der Waals surface area contributed by atoms with Gasteiger partial charge in [-0.1, -0.05) is 31.2 Å². The van der Waals surface area contributed by atoms with Crippen molar-refractivity contribution in [3.63, 3.8) is 0 Å². The Hall–Kier alpha value is -1.82. The van der Waals surface area contributed by atoms with Gasteiger partial charge in [-0.2, -0.15) is 5.10 Å². The quantitative estimate of drug-likeness (QED) is 0.683. The van der Waals surface area contributed by atoms with E-state index in [-0.39, 0.29) is 24.8 Å². The van der Waals surface area contributed by atoms with Gasteiger partial charge in [0.1, 0.15) is 5.82 Å². The maximum absolute atomic E-state index is 4.72. The van der Waals surface area contributed by atoms with E-state index in [9.17, 15) is 0 Å². The third kappa shape index (κ3) is 4.72. The highest BCUT2D eigenvalue weighted by molar-refractivity contribution is 5.85. The van der Waals surface area contributed by atoms with E-state index in [0.717, 1.165) is 25.3 Å². The van der Waals surface area contributed by atoms with Crippen LogP contribution in [0.25, 0.3) is 11.4 Å². The minimum atomic E-state index is 0. The molecule has 1 fully saturated rings. The molecule has 0 bridgehead atoms. The lowest BCUT2D eigenvalue weighted by atomic mass is 9.97. The standard InChI is InChI=1S/C20H25N5.2ClH/c1-2-17-14-18(8-10-21-17)25-13-11-22-20(25)19-7-4-3-6-16(19)15-24-12-5-9-23-24;;/h3-7,9,11-13,17-18,21H,2,8,10,14-15H2,1H3;2*1H/t17-,18-;;/m1../s1. The molecule has 3 aromatic rings. The molecule has 3 heterocycles. The monoisotopic (exact) mass is 407 g/mol. The van der Waals surface area contributed by atoms with Crippen LogP contribution in [0.5, 0.6) is 0 Å². The van der Waals surface area contributed by atoms with Crippen LogP contribution in [0.2, 0.25) is 0 Å². The average molecular weight is 408 g/mol. The van der Waals surface area contributed by atoms with Gasteiger partial charge < -0.3 is 9.88 Å². The maximum atomic E-state index is 4.72. The second-order valence-electron chi connectivity index (χ2n) is 6.76. The van der Waals surface area contributed by atoms with Crippen LogP contribution in [0.4, 0.5) is 0 Å². The van der Waals surface area contributed by atoms with E-state index in [1.807, 2.05) is 29.3 Å². The predicted octanol–water partition coefficient (Wildman–Crippen LogP) is 4.34. The fourth-order valence-corrected chi connectivity index (χ4v) is 3.81. The molecule has 0 radical (unpaired) electrons. The summed E-state index contributed by atoms with van der Waals surface area (Å²) in [5, 5.41) is 7.96. The first kappa shape index (κ1) is 21.5. The molecule has 146 valence electrons. The average Bonchev–Trinajstić information content (AvgIpc) is 3.34. The zero-order chi connectivity index (χ0) is 17.1. The zero-order valence-corrected chi connectivity index (χ0v) is 17.1. The van der Waals surface area contributed by atoms with E-state index < -0.39 is 0 Å². The number of nitrogens with one attached hydrogen (secondary N) is 1. The molecule has 7 heteroatoms. The number of imidazole rings is 1. The number of aromatic nitrogens is 4. The molecule has 1 saturated heterocycles. The van der Waals surface area contributed by atoms with Crippen LogP contribution < -0.4 is 5.32 Å². The van der Waals surface area contributed by atoms with Crippen molar-refractivity contribution in [1.82, 2.24) is 24.6 Å². The molecule has 1 aliphatic heterocycles. The molecule has 27 heavy (non-hydrogen) atoms. The first-order valence-corrected chi connectivity index (χ1v) is 9.17. The van der Waals surface area contributed by atoms with E-state index >= 15 is 0 Å². The molecular formula is C20H27Cl2N5. The molecule has 2 atom stereocenters. The zero-order valence-electron chi connectivity index (χ0n) is 15.5. The molecule has 0 unspecified atom stereocenters. The van der Waals surface area contributed by atoms with Gasteiger partial charge in [0.15, 0.2) is 0 Å².